The van der Waals surface area contributed by atoms with Crippen molar-refractivity contribution in [1.82, 2.24) is 20.0 Å². The summed E-state index contributed by atoms with van der Waals surface area (Å²) in [5, 5.41) is 25.6. The maximum Gasteiger partial charge on any atom is 0.358 e. The van der Waals surface area contributed by atoms with Gasteiger partial charge >= 0.3 is 11.9 Å². The Morgan fingerprint density at radius 1 is 1.40 bits per heavy atom. The lowest BCUT2D eigenvalue weighted by Crippen LogP contribution is -2.20. The summed E-state index contributed by atoms with van der Waals surface area (Å²) in [7, 11) is 0. The first kappa shape index (κ1) is 13.7. The summed E-state index contributed by atoms with van der Waals surface area (Å²) < 4.78 is 1.11. The molecule has 2 N–H and O–H groups in total. The number of aromatic carboxylic acids is 1. The Balaban J connectivity index is 2.65. The van der Waals surface area contributed by atoms with Crippen LogP contribution in [0.1, 0.15) is 29.9 Å². The minimum absolute atomic E-state index is 0.139. The third kappa shape index (κ3) is 2.35. The Bertz CT molecular complexity index is 638. The quantitative estimate of drug-likeness (QED) is 0.838. The molecule has 0 amide bonds. The maximum absolute atomic E-state index is 11.2. The zero-order chi connectivity index (χ0) is 14.7. The van der Waals surface area contributed by atoms with Gasteiger partial charge in [-0.15, -0.1) is 5.10 Å². The summed E-state index contributed by atoms with van der Waals surface area (Å²) in [4.78, 5) is 26.4. The van der Waals surface area contributed by atoms with Crippen molar-refractivity contribution in [2.45, 2.75) is 19.4 Å². The summed E-state index contributed by atoms with van der Waals surface area (Å²) in [5.74, 6) is -2.37. The van der Waals surface area contributed by atoms with Crippen molar-refractivity contribution < 1.29 is 19.8 Å². The minimum Gasteiger partial charge on any atom is -0.480 e. The van der Waals surface area contributed by atoms with Crippen LogP contribution in [0.4, 0.5) is 0 Å². The molecule has 2 heterocycles. The van der Waals surface area contributed by atoms with Crippen LogP contribution in [0.15, 0.2) is 24.5 Å². The van der Waals surface area contributed by atoms with Crippen molar-refractivity contribution in [3.8, 4) is 11.3 Å². The number of rotatable bonds is 5. The largest absolute Gasteiger partial charge is 0.480 e. The minimum atomic E-state index is -1.27. The lowest BCUT2D eigenvalue weighted by Gasteiger charge is -2.13. The van der Waals surface area contributed by atoms with Crippen molar-refractivity contribution in [3.63, 3.8) is 0 Å². The molecule has 20 heavy (non-hydrogen) atoms. The second-order valence-corrected chi connectivity index (χ2v) is 4.04. The summed E-state index contributed by atoms with van der Waals surface area (Å²) >= 11 is 0. The molecule has 8 heteroatoms. The number of aliphatic carboxylic acids is 1. The summed E-state index contributed by atoms with van der Waals surface area (Å²) in [6, 6.07) is 2.27. The van der Waals surface area contributed by atoms with Crippen LogP contribution in [0, 0.1) is 0 Å². The number of carbonyl (C=O) groups is 2. The molecule has 0 aliphatic heterocycles. The van der Waals surface area contributed by atoms with Gasteiger partial charge < -0.3 is 10.2 Å². The molecule has 0 saturated heterocycles. The standard InChI is InChI=1S/C12H12N4O4/c1-2-8(11(17)18)16-10(7-4-3-5-13-6-7)9(12(19)20)14-15-16/h3-6,8H,2H2,1H3,(H,17,18)(H,19,20). The zero-order valence-corrected chi connectivity index (χ0v) is 10.6. The maximum atomic E-state index is 11.2. The fraction of sp³-hybridized carbons (Fsp3) is 0.250. The van der Waals surface area contributed by atoms with Gasteiger partial charge in [0.2, 0.25) is 0 Å². The van der Waals surface area contributed by atoms with Gasteiger partial charge in [-0.1, -0.05) is 12.1 Å². The van der Waals surface area contributed by atoms with E-state index >= 15 is 0 Å². The molecule has 2 aromatic rings. The van der Waals surface area contributed by atoms with Gasteiger partial charge in [-0.25, -0.2) is 14.3 Å². The van der Waals surface area contributed by atoms with Gasteiger partial charge in [0.15, 0.2) is 11.7 Å². The first-order valence-electron chi connectivity index (χ1n) is 5.88. The van der Waals surface area contributed by atoms with Gasteiger partial charge in [-0.05, 0) is 18.6 Å². The highest BCUT2D eigenvalue weighted by Crippen LogP contribution is 2.25. The van der Waals surface area contributed by atoms with Gasteiger partial charge in [0.05, 0.1) is 0 Å². The third-order valence-electron chi connectivity index (χ3n) is 2.80. The van der Waals surface area contributed by atoms with Crippen molar-refractivity contribution >= 4 is 11.9 Å². The number of carboxylic acid groups (broad SMARTS) is 2. The molecule has 8 nitrogen and oxygen atoms in total. The topological polar surface area (TPSA) is 118 Å². The van der Waals surface area contributed by atoms with Crippen LogP contribution in [0.3, 0.4) is 0 Å². The molecule has 0 radical (unpaired) electrons. The van der Waals surface area contributed by atoms with E-state index in [-0.39, 0.29) is 17.8 Å². The van der Waals surface area contributed by atoms with Gasteiger partial charge in [0.1, 0.15) is 5.69 Å². The highest BCUT2D eigenvalue weighted by Gasteiger charge is 2.27. The van der Waals surface area contributed by atoms with Crippen molar-refractivity contribution in [3.05, 3.63) is 30.2 Å². The SMILES string of the molecule is CCC(C(=O)O)n1nnc(C(=O)O)c1-c1cccnc1. The van der Waals surface area contributed by atoms with E-state index in [1.54, 1.807) is 19.1 Å². The Morgan fingerprint density at radius 3 is 2.65 bits per heavy atom. The van der Waals surface area contributed by atoms with Crippen LogP contribution in [-0.2, 0) is 4.79 Å². The number of hydrogen-bond donors (Lipinski definition) is 2. The Labute approximate surface area is 113 Å². The molecular formula is C12H12N4O4. The van der Waals surface area contributed by atoms with E-state index in [0.29, 0.717) is 5.56 Å². The van der Waals surface area contributed by atoms with E-state index < -0.39 is 18.0 Å². The van der Waals surface area contributed by atoms with E-state index in [9.17, 15) is 14.7 Å². The average molecular weight is 276 g/mol. The van der Waals surface area contributed by atoms with Crippen molar-refractivity contribution in [1.29, 1.82) is 0 Å². The van der Waals surface area contributed by atoms with Crippen molar-refractivity contribution in [2.24, 2.45) is 0 Å². The first-order valence-corrected chi connectivity index (χ1v) is 5.88. The van der Waals surface area contributed by atoms with Crippen LogP contribution in [0.2, 0.25) is 0 Å². The average Bonchev–Trinajstić information content (AvgIpc) is 2.85. The van der Waals surface area contributed by atoms with Crippen LogP contribution in [-0.4, -0.2) is 42.1 Å². The summed E-state index contributed by atoms with van der Waals surface area (Å²) in [5.41, 5.74) is 0.298. The predicted molar refractivity (Wildman–Crippen MR) is 67.2 cm³/mol. The predicted octanol–water partition coefficient (Wildman–Crippen LogP) is 1.07. The van der Waals surface area contributed by atoms with Gasteiger partial charge in [0.25, 0.3) is 0 Å². The molecular weight excluding hydrogens is 264 g/mol. The molecule has 0 saturated carbocycles. The number of aromatic nitrogens is 4. The molecule has 2 rings (SSSR count). The highest BCUT2D eigenvalue weighted by atomic mass is 16.4. The molecule has 1 unspecified atom stereocenters. The fourth-order valence-electron chi connectivity index (χ4n) is 1.88. The second-order valence-electron chi connectivity index (χ2n) is 4.04. The highest BCUT2D eigenvalue weighted by molar-refractivity contribution is 5.93. The number of pyridine rings is 1. The first-order chi connectivity index (χ1) is 9.56. The van der Waals surface area contributed by atoms with Crippen LogP contribution in [0.5, 0.6) is 0 Å². The van der Waals surface area contributed by atoms with Gasteiger partial charge in [-0.2, -0.15) is 0 Å². The lowest BCUT2D eigenvalue weighted by atomic mass is 10.1. The number of nitrogens with zero attached hydrogens (tertiary/aromatic N) is 4. The molecule has 0 fully saturated rings. The second kappa shape index (κ2) is 5.47. The van der Waals surface area contributed by atoms with Crippen LogP contribution >= 0.6 is 0 Å². The molecule has 0 spiro atoms. The van der Waals surface area contributed by atoms with E-state index in [1.165, 1.54) is 12.4 Å². The summed E-state index contributed by atoms with van der Waals surface area (Å²) in [6.07, 6.45) is 3.23. The smallest absolute Gasteiger partial charge is 0.358 e. The van der Waals surface area contributed by atoms with Crippen molar-refractivity contribution in [2.75, 3.05) is 0 Å². The van der Waals surface area contributed by atoms with Crippen LogP contribution < -0.4 is 0 Å². The molecule has 104 valence electrons. The van der Waals surface area contributed by atoms with E-state index in [1.807, 2.05) is 0 Å². The third-order valence-corrected chi connectivity index (χ3v) is 2.80. The fourth-order valence-corrected chi connectivity index (χ4v) is 1.88. The molecule has 1 atom stereocenters. The lowest BCUT2D eigenvalue weighted by molar-refractivity contribution is -0.141. The monoisotopic (exact) mass is 276 g/mol. The summed E-state index contributed by atoms with van der Waals surface area (Å²) in [6.45, 7) is 1.67. The molecule has 0 aromatic carbocycles. The van der Waals surface area contributed by atoms with Gasteiger partial charge in [-0.3, -0.25) is 4.98 Å². The molecule has 0 aliphatic carbocycles. The molecule has 0 bridgehead atoms. The zero-order valence-electron chi connectivity index (χ0n) is 10.6. The molecule has 2 aromatic heterocycles. The Morgan fingerprint density at radius 2 is 2.15 bits per heavy atom. The number of hydrogen-bond acceptors (Lipinski definition) is 5. The van der Waals surface area contributed by atoms with E-state index in [0.717, 1.165) is 4.68 Å². The van der Waals surface area contributed by atoms with Gasteiger partial charge in [0, 0.05) is 18.0 Å². The van der Waals surface area contributed by atoms with Crippen LogP contribution in [0.25, 0.3) is 11.3 Å². The number of carboxylic acids is 2. The molecule has 0 aliphatic rings. The Kier molecular flexibility index (Phi) is 3.74. The van der Waals surface area contributed by atoms with E-state index in [2.05, 4.69) is 15.3 Å². The van der Waals surface area contributed by atoms with E-state index in [4.69, 9.17) is 5.11 Å². The Hall–Kier alpha value is -2.77. The normalized spacial score (nSPS) is 12.1.